The van der Waals surface area contributed by atoms with Gasteiger partial charge in [-0.15, -0.1) is 0 Å². The summed E-state index contributed by atoms with van der Waals surface area (Å²) in [6, 6.07) is 8.63. The molecule has 0 saturated carbocycles. The van der Waals surface area contributed by atoms with Gasteiger partial charge in [-0.2, -0.15) is 13.2 Å². The van der Waals surface area contributed by atoms with Gasteiger partial charge in [-0.25, -0.2) is 0 Å². The summed E-state index contributed by atoms with van der Waals surface area (Å²) in [6.07, 6.45) is -4.36. The molecule has 0 aliphatic carbocycles. The van der Waals surface area contributed by atoms with Crippen molar-refractivity contribution in [2.45, 2.75) is 32.9 Å². The Labute approximate surface area is 122 Å². The van der Waals surface area contributed by atoms with E-state index in [2.05, 4.69) is 0 Å². The van der Waals surface area contributed by atoms with Crippen LogP contribution >= 0.6 is 0 Å². The monoisotopic (exact) mass is 294 g/mol. The summed E-state index contributed by atoms with van der Waals surface area (Å²) >= 11 is 0. The van der Waals surface area contributed by atoms with Crippen molar-refractivity contribution in [3.63, 3.8) is 0 Å². The molecule has 1 nitrogen and oxygen atoms in total. The second-order valence-corrected chi connectivity index (χ2v) is 5.46. The number of rotatable bonds is 2. The molecule has 2 rings (SSSR count). The van der Waals surface area contributed by atoms with Gasteiger partial charge in [0.1, 0.15) is 5.75 Å². The number of phenolic OH excluding ortho intramolecular Hbond substituents is 1. The zero-order valence-electron chi connectivity index (χ0n) is 12.1. The minimum Gasteiger partial charge on any atom is -0.508 e. The maximum Gasteiger partial charge on any atom is 0.416 e. The Morgan fingerprint density at radius 3 is 2.29 bits per heavy atom. The van der Waals surface area contributed by atoms with Gasteiger partial charge in [-0.3, -0.25) is 0 Å². The zero-order chi connectivity index (χ0) is 15.8. The number of halogens is 3. The summed E-state index contributed by atoms with van der Waals surface area (Å²) in [5, 5.41) is 9.94. The molecule has 0 aromatic heterocycles. The maximum absolute atomic E-state index is 12.8. The van der Waals surface area contributed by atoms with Crippen LogP contribution in [0.15, 0.2) is 36.4 Å². The van der Waals surface area contributed by atoms with E-state index >= 15 is 0 Å². The average molecular weight is 294 g/mol. The van der Waals surface area contributed by atoms with Crippen molar-refractivity contribution in [2.24, 2.45) is 0 Å². The summed E-state index contributed by atoms with van der Waals surface area (Å²) in [6.45, 7) is 5.64. The van der Waals surface area contributed by atoms with Crippen molar-refractivity contribution < 1.29 is 18.3 Å². The van der Waals surface area contributed by atoms with Crippen LogP contribution in [0.2, 0.25) is 0 Å². The number of aromatic hydroxyl groups is 1. The molecule has 2 aromatic rings. The Morgan fingerprint density at radius 2 is 1.71 bits per heavy atom. The van der Waals surface area contributed by atoms with E-state index in [9.17, 15) is 18.3 Å². The molecule has 0 fully saturated rings. The van der Waals surface area contributed by atoms with Gasteiger partial charge in [0.15, 0.2) is 0 Å². The lowest BCUT2D eigenvalue weighted by atomic mass is 9.92. The molecular weight excluding hydrogens is 277 g/mol. The van der Waals surface area contributed by atoms with Gasteiger partial charge in [0.05, 0.1) is 5.56 Å². The van der Waals surface area contributed by atoms with Crippen molar-refractivity contribution in [2.75, 3.05) is 0 Å². The number of aryl methyl sites for hydroxylation is 1. The second kappa shape index (κ2) is 5.43. The summed E-state index contributed by atoms with van der Waals surface area (Å²) in [4.78, 5) is 0. The maximum atomic E-state index is 12.8. The first-order valence-corrected chi connectivity index (χ1v) is 6.71. The van der Waals surface area contributed by atoms with Crippen LogP contribution in [0.1, 0.15) is 36.5 Å². The van der Waals surface area contributed by atoms with Crippen molar-refractivity contribution in [1.29, 1.82) is 0 Å². The van der Waals surface area contributed by atoms with E-state index < -0.39 is 11.7 Å². The largest absolute Gasteiger partial charge is 0.508 e. The van der Waals surface area contributed by atoms with Gasteiger partial charge in [0.2, 0.25) is 0 Å². The number of hydrogen-bond donors (Lipinski definition) is 1. The van der Waals surface area contributed by atoms with E-state index in [4.69, 9.17) is 0 Å². The number of alkyl halides is 3. The molecule has 0 heterocycles. The smallest absolute Gasteiger partial charge is 0.416 e. The number of benzene rings is 2. The Balaban J connectivity index is 2.59. The fourth-order valence-corrected chi connectivity index (χ4v) is 2.35. The van der Waals surface area contributed by atoms with Gasteiger partial charge in [-0.05, 0) is 59.4 Å². The van der Waals surface area contributed by atoms with Gasteiger partial charge in [0.25, 0.3) is 0 Å². The second-order valence-electron chi connectivity index (χ2n) is 5.46. The van der Waals surface area contributed by atoms with E-state index in [1.807, 2.05) is 13.8 Å². The normalized spacial score (nSPS) is 12.0. The first-order valence-electron chi connectivity index (χ1n) is 6.71. The van der Waals surface area contributed by atoms with Crippen LogP contribution in [0, 0.1) is 6.92 Å². The molecular formula is C17H17F3O. The van der Waals surface area contributed by atoms with Crippen LogP contribution in [0.3, 0.4) is 0 Å². The number of hydrogen-bond acceptors (Lipinski definition) is 1. The molecule has 0 saturated heterocycles. The highest BCUT2D eigenvalue weighted by Crippen LogP contribution is 2.36. The highest BCUT2D eigenvalue weighted by Gasteiger charge is 2.30. The highest BCUT2D eigenvalue weighted by molar-refractivity contribution is 5.70. The fourth-order valence-electron chi connectivity index (χ4n) is 2.35. The molecule has 21 heavy (non-hydrogen) atoms. The van der Waals surface area contributed by atoms with Crippen molar-refractivity contribution >= 4 is 0 Å². The molecule has 0 amide bonds. The van der Waals surface area contributed by atoms with E-state index in [0.29, 0.717) is 11.1 Å². The number of phenols is 1. The van der Waals surface area contributed by atoms with Crippen molar-refractivity contribution in [3.8, 4) is 16.9 Å². The Morgan fingerprint density at radius 1 is 1.05 bits per heavy atom. The predicted octanol–water partition coefficient (Wildman–Crippen LogP) is 5.51. The van der Waals surface area contributed by atoms with Gasteiger partial charge < -0.3 is 5.11 Å². The Hall–Kier alpha value is -1.97. The first kappa shape index (κ1) is 15.4. The molecule has 0 aliphatic rings. The molecule has 0 unspecified atom stereocenters. The average Bonchev–Trinajstić information content (AvgIpc) is 2.37. The van der Waals surface area contributed by atoms with Gasteiger partial charge >= 0.3 is 6.18 Å². The summed E-state index contributed by atoms with van der Waals surface area (Å²) in [5.41, 5.74) is 2.02. The lowest BCUT2D eigenvalue weighted by molar-refractivity contribution is -0.137. The van der Waals surface area contributed by atoms with Crippen molar-refractivity contribution in [1.82, 2.24) is 0 Å². The minimum atomic E-state index is -4.36. The quantitative estimate of drug-likeness (QED) is 0.774. The third-order valence-electron chi connectivity index (χ3n) is 3.50. The molecule has 1 N–H and O–H groups in total. The molecule has 0 atom stereocenters. The van der Waals surface area contributed by atoms with Crippen molar-refractivity contribution in [3.05, 3.63) is 53.1 Å². The topological polar surface area (TPSA) is 20.2 Å². The van der Waals surface area contributed by atoms with Crippen LogP contribution in [-0.4, -0.2) is 5.11 Å². The first-order chi connectivity index (χ1) is 9.70. The molecule has 112 valence electrons. The van der Waals surface area contributed by atoms with Crippen LogP contribution in [-0.2, 0) is 6.18 Å². The van der Waals surface area contributed by atoms with Crippen LogP contribution in [0.25, 0.3) is 11.1 Å². The Kier molecular flexibility index (Phi) is 3.99. The molecule has 0 bridgehead atoms. The summed E-state index contributed by atoms with van der Waals surface area (Å²) < 4.78 is 38.4. The fraction of sp³-hybridized carbons (Fsp3) is 0.294. The van der Waals surface area contributed by atoms with E-state index in [0.717, 1.165) is 23.3 Å². The SMILES string of the molecule is Cc1cc(O)c(C(C)C)cc1-c1cccc(C(F)(F)F)c1. The lowest BCUT2D eigenvalue weighted by Gasteiger charge is -2.15. The van der Waals surface area contributed by atoms with Gasteiger partial charge in [-0.1, -0.05) is 26.0 Å². The zero-order valence-corrected chi connectivity index (χ0v) is 12.1. The van der Waals surface area contributed by atoms with E-state index in [1.54, 1.807) is 25.1 Å². The summed E-state index contributed by atoms with van der Waals surface area (Å²) in [5.74, 6) is 0.272. The Bertz CT molecular complexity index is 658. The standard InChI is InChI=1S/C17H17F3O/c1-10(2)14-9-15(11(3)7-16(14)21)12-5-4-6-13(8-12)17(18,19)20/h4-10,21H,1-3H3. The third-order valence-corrected chi connectivity index (χ3v) is 3.50. The molecule has 0 spiro atoms. The molecule has 4 heteroatoms. The van der Waals surface area contributed by atoms with Crippen LogP contribution in [0.4, 0.5) is 13.2 Å². The highest BCUT2D eigenvalue weighted by atomic mass is 19.4. The van der Waals surface area contributed by atoms with Crippen LogP contribution in [0.5, 0.6) is 5.75 Å². The van der Waals surface area contributed by atoms with Crippen LogP contribution < -0.4 is 0 Å². The molecule has 2 aromatic carbocycles. The molecule has 0 radical (unpaired) electrons. The lowest BCUT2D eigenvalue weighted by Crippen LogP contribution is -2.04. The summed E-state index contributed by atoms with van der Waals surface area (Å²) in [7, 11) is 0. The minimum absolute atomic E-state index is 0.0927. The third kappa shape index (κ3) is 3.20. The van der Waals surface area contributed by atoms with E-state index in [1.165, 1.54) is 6.07 Å². The van der Waals surface area contributed by atoms with E-state index in [-0.39, 0.29) is 11.7 Å². The molecule has 0 aliphatic heterocycles. The van der Waals surface area contributed by atoms with Gasteiger partial charge in [0, 0.05) is 0 Å². The predicted molar refractivity (Wildman–Crippen MR) is 77.4 cm³/mol.